The van der Waals surface area contributed by atoms with E-state index in [0.717, 1.165) is 22.9 Å². The molecule has 0 saturated heterocycles. The molecule has 0 saturated carbocycles. The second-order valence-corrected chi connectivity index (χ2v) is 8.07. The molecule has 0 bridgehead atoms. The fourth-order valence-corrected chi connectivity index (χ4v) is 3.99. The summed E-state index contributed by atoms with van der Waals surface area (Å²) in [5.41, 5.74) is 1.07. The lowest BCUT2D eigenvalue weighted by atomic mass is 10.0. The van der Waals surface area contributed by atoms with Crippen molar-refractivity contribution in [1.82, 2.24) is 0 Å². The van der Waals surface area contributed by atoms with Crippen LogP contribution in [-0.2, 0) is 20.2 Å². The van der Waals surface area contributed by atoms with Crippen LogP contribution in [0.4, 0.5) is 0 Å². The molecule has 1 aliphatic heterocycles. The summed E-state index contributed by atoms with van der Waals surface area (Å²) in [6.45, 7) is 6.92. The quantitative estimate of drug-likeness (QED) is 0.780. The predicted octanol–water partition coefficient (Wildman–Crippen LogP) is 2.08. The molecular formula is C15H24O4Si. The van der Waals surface area contributed by atoms with Crippen LogP contribution in [0.25, 0.3) is 0 Å². The third kappa shape index (κ3) is 3.41. The van der Waals surface area contributed by atoms with Crippen LogP contribution in [0.5, 0.6) is 5.75 Å². The summed E-state index contributed by atoms with van der Waals surface area (Å²) in [6.07, 6.45) is 0.877. The van der Waals surface area contributed by atoms with Gasteiger partial charge in [-0.15, -0.1) is 0 Å². The number of hydrogen-bond donors (Lipinski definition) is 0. The maximum atomic E-state index is 6.04. The molecule has 0 aromatic heterocycles. The lowest BCUT2D eigenvalue weighted by Gasteiger charge is -2.37. The summed E-state index contributed by atoms with van der Waals surface area (Å²) in [5.74, 6) is 0.907. The smallest absolute Gasteiger partial charge is 0.355 e. The van der Waals surface area contributed by atoms with E-state index in [-0.39, 0.29) is 0 Å². The monoisotopic (exact) mass is 296 g/mol. The van der Waals surface area contributed by atoms with Crippen molar-refractivity contribution in [3.05, 3.63) is 23.8 Å². The fraction of sp³-hybridized carbons (Fsp3) is 0.600. The highest BCUT2D eigenvalue weighted by Crippen LogP contribution is 2.34. The molecule has 1 aromatic rings. The van der Waals surface area contributed by atoms with Gasteiger partial charge in [0.2, 0.25) is 5.79 Å². The zero-order chi connectivity index (χ0) is 14.8. The lowest BCUT2D eigenvalue weighted by molar-refractivity contribution is -0.202. The Hall–Kier alpha value is -0.883. The molecule has 1 aliphatic rings. The van der Waals surface area contributed by atoms with E-state index >= 15 is 0 Å². The van der Waals surface area contributed by atoms with Gasteiger partial charge in [0.1, 0.15) is 5.75 Å². The summed E-state index contributed by atoms with van der Waals surface area (Å²) in [7, 11) is 1.61. The Bertz CT molecular complexity index is 459. The summed E-state index contributed by atoms with van der Waals surface area (Å²) < 4.78 is 22.8. The van der Waals surface area contributed by atoms with Gasteiger partial charge < -0.3 is 18.3 Å². The Balaban J connectivity index is 2.19. The molecule has 1 heterocycles. The molecule has 0 radical (unpaired) electrons. The summed E-state index contributed by atoms with van der Waals surface area (Å²) in [5, 5.41) is 1.11. The molecule has 0 fully saturated rings. The van der Waals surface area contributed by atoms with Gasteiger partial charge in [-0.25, -0.2) is 0 Å². The van der Waals surface area contributed by atoms with Crippen LogP contribution in [0.3, 0.4) is 0 Å². The van der Waals surface area contributed by atoms with Crippen LogP contribution in [0.15, 0.2) is 18.2 Å². The number of ether oxygens (including phenoxy) is 2. The third-order valence-electron chi connectivity index (χ3n) is 3.42. The van der Waals surface area contributed by atoms with Crippen LogP contribution in [0, 0.1) is 5.92 Å². The second kappa shape index (κ2) is 6.26. The second-order valence-electron chi connectivity index (χ2n) is 5.79. The van der Waals surface area contributed by atoms with E-state index in [1.54, 1.807) is 14.2 Å². The molecule has 2 rings (SSSR count). The summed E-state index contributed by atoms with van der Waals surface area (Å²) >= 11 is 0. The van der Waals surface area contributed by atoms with Crippen LogP contribution in [0.2, 0.25) is 0 Å². The minimum absolute atomic E-state index is 0.526. The zero-order valence-corrected chi connectivity index (χ0v) is 14.1. The van der Waals surface area contributed by atoms with E-state index < -0.39 is 15.1 Å². The number of hydrogen-bond acceptors (Lipinski definition) is 4. The van der Waals surface area contributed by atoms with Crippen molar-refractivity contribution < 1.29 is 18.3 Å². The lowest BCUT2D eigenvalue weighted by Crippen LogP contribution is -2.41. The van der Waals surface area contributed by atoms with Gasteiger partial charge in [-0.3, -0.25) is 0 Å². The van der Waals surface area contributed by atoms with E-state index in [1.165, 1.54) is 0 Å². The van der Waals surface area contributed by atoms with Crippen LogP contribution in [0.1, 0.15) is 32.8 Å². The van der Waals surface area contributed by atoms with Gasteiger partial charge in [0, 0.05) is 33.1 Å². The highest BCUT2D eigenvalue weighted by molar-refractivity contribution is 6.61. The maximum absolute atomic E-state index is 6.04. The summed E-state index contributed by atoms with van der Waals surface area (Å²) in [4.78, 5) is 0. The van der Waals surface area contributed by atoms with E-state index in [0.29, 0.717) is 12.5 Å². The van der Waals surface area contributed by atoms with Gasteiger partial charge in [0.25, 0.3) is 0 Å². The minimum atomic E-state index is -1.77. The van der Waals surface area contributed by atoms with Crippen molar-refractivity contribution in [2.75, 3.05) is 14.2 Å². The van der Waals surface area contributed by atoms with Crippen molar-refractivity contribution in [3.8, 4) is 5.75 Å². The molecule has 0 N–H and O–H groups in total. The average molecular weight is 296 g/mol. The Morgan fingerprint density at radius 2 is 2.00 bits per heavy atom. The normalized spacial score (nSPS) is 21.9. The fourth-order valence-electron chi connectivity index (χ4n) is 2.66. The molecule has 112 valence electrons. The first-order chi connectivity index (χ1) is 9.47. The van der Waals surface area contributed by atoms with Crippen LogP contribution < -0.4 is 9.92 Å². The molecule has 4 nitrogen and oxygen atoms in total. The van der Waals surface area contributed by atoms with Crippen LogP contribution in [-0.4, -0.2) is 29.3 Å². The Kier molecular flexibility index (Phi) is 4.85. The SMILES string of the molecule is CO[SiH](OC)c1ccc2c(c1)COC(C)(CC(C)C)O2. The van der Waals surface area contributed by atoms with Gasteiger partial charge in [0.05, 0.1) is 6.61 Å². The molecule has 1 unspecified atom stereocenters. The van der Waals surface area contributed by atoms with Crippen molar-refractivity contribution in [1.29, 1.82) is 0 Å². The predicted molar refractivity (Wildman–Crippen MR) is 80.5 cm³/mol. The Labute approximate surface area is 122 Å². The van der Waals surface area contributed by atoms with Crippen molar-refractivity contribution in [2.24, 2.45) is 5.92 Å². The van der Waals surface area contributed by atoms with Gasteiger partial charge in [-0.2, -0.15) is 0 Å². The first-order valence-corrected chi connectivity index (χ1v) is 8.51. The maximum Gasteiger partial charge on any atom is 0.355 e. The first-order valence-electron chi connectivity index (χ1n) is 6.99. The van der Waals surface area contributed by atoms with Crippen molar-refractivity contribution in [3.63, 3.8) is 0 Å². The third-order valence-corrected chi connectivity index (χ3v) is 5.18. The number of benzene rings is 1. The van der Waals surface area contributed by atoms with E-state index in [4.69, 9.17) is 18.3 Å². The minimum Gasteiger partial charge on any atom is -0.462 e. The molecule has 20 heavy (non-hydrogen) atoms. The molecule has 5 heteroatoms. The standard InChI is InChI=1S/C15H24O4Si/c1-11(2)9-15(3)18-10-12-8-13(20(16-4)17-5)6-7-14(12)19-15/h6-8,11,20H,9-10H2,1-5H3. The average Bonchev–Trinajstić information content (AvgIpc) is 2.39. The number of fused-ring (bicyclic) bond motifs is 1. The topological polar surface area (TPSA) is 36.9 Å². The van der Waals surface area contributed by atoms with E-state index in [1.807, 2.05) is 19.1 Å². The van der Waals surface area contributed by atoms with Gasteiger partial charge in [-0.1, -0.05) is 19.9 Å². The summed E-state index contributed by atoms with van der Waals surface area (Å²) in [6, 6.07) is 6.11. The van der Waals surface area contributed by atoms with Gasteiger partial charge in [-0.05, 0) is 23.2 Å². The largest absolute Gasteiger partial charge is 0.462 e. The zero-order valence-electron chi connectivity index (χ0n) is 12.9. The van der Waals surface area contributed by atoms with E-state index in [9.17, 15) is 0 Å². The highest BCUT2D eigenvalue weighted by Gasteiger charge is 2.33. The first kappa shape index (κ1) is 15.5. The molecule has 1 atom stereocenters. The highest BCUT2D eigenvalue weighted by atomic mass is 28.3. The van der Waals surface area contributed by atoms with Crippen LogP contribution >= 0.6 is 0 Å². The molecular weight excluding hydrogens is 272 g/mol. The Morgan fingerprint density at radius 3 is 2.60 bits per heavy atom. The molecule has 0 aliphatic carbocycles. The molecule has 0 spiro atoms. The molecule has 0 amide bonds. The Morgan fingerprint density at radius 1 is 1.30 bits per heavy atom. The number of rotatable bonds is 5. The van der Waals surface area contributed by atoms with Gasteiger partial charge >= 0.3 is 9.28 Å². The van der Waals surface area contributed by atoms with Gasteiger partial charge in [0.15, 0.2) is 0 Å². The molecule has 1 aromatic carbocycles. The van der Waals surface area contributed by atoms with E-state index in [2.05, 4.69) is 19.9 Å². The van der Waals surface area contributed by atoms with Crippen molar-refractivity contribution in [2.45, 2.75) is 39.6 Å². The van der Waals surface area contributed by atoms with Crippen molar-refractivity contribution >= 4 is 14.5 Å².